The molecule has 0 rings (SSSR count). The molecule has 0 saturated carbocycles. The van der Waals surface area contributed by atoms with E-state index in [1.54, 1.807) is 6.08 Å². The molecule has 0 aliphatic rings. The summed E-state index contributed by atoms with van der Waals surface area (Å²) >= 11 is 0. The number of allylic oxidation sites excluding steroid dienone is 5. The zero-order valence-electron chi connectivity index (χ0n) is 49.8. The van der Waals surface area contributed by atoms with Gasteiger partial charge in [-0.3, -0.25) is 9.59 Å². The van der Waals surface area contributed by atoms with Crippen molar-refractivity contribution in [3.8, 4) is 0 Å². The molecule has 0 aromatic heterocycles. The van der Waals surface area contributed by atoms with Gasteiger partial charge in [-0.05, 0) is 64.2 Å². The van der Waals surface area contributed by atoms with Gasteiger partial charge in [0.15, 0.2) is 0 Å². The number of nitrogens with one attached hydrogen (secondary N) is 1. The van der Waals surface area contributed by atoms with E-state index >= 15 is 0 Å². The van der Waals surface area contributed by atoms with Gasteiger partial charge < -0.3 is 20.3 Å². The third-order valence-electron chi connectivity index (χ3n) is 15.4. The van der Waals surface area contributed by atoms with Crippen LogP contribution in [0.5, 0.6) is 0 Å². The van der Waals surface area contributed by atoms with Crippen molar-refractivity contribution in [2.75, 3.05) is 13.2 Å². The Kier molecular flexibility index (Phi) is 62.0. The van der Waals surface area contributed by atoms with E-state index in [-0.39, 0.29) is 18.5 Å². The Hall–Kier alpha value is -1.92. The molecule has 0 spiro atoms. The number of ether oxygens (including phenoxy) is 1. The molecular formula is C68H129NO5. The molecule has 0 heterocycles. The SMILES string of the molecule is CCCCCC/C=C\C/C=C\CCCCCCCC(=O)OCCCCCCCCCCCCCCCCCCC(=O)NC(CO)C(O)/C=C/CCCCCCCCCCCCCCCCCCCCCCCCC. The molecule has 2 unspecified atom stereocenters. The zero-order valence-corrected chi connectivity index (χ0v) is 49.8. The summed E-state index contributed by atoms with van der Waals surface area (Å²) in [4.78, 5) is 24.6. The maximum absolute atomic E-state index is 12.5. The maximum atomic E-state index is 12.5. The molecule has 6 nitrogen and oxygen atoms in total. The fraction of sp³-hybridized carbons (Fsp3) is 0.882. The van der Waals surface area contributed by atoms with E-state index in [1.165, 1.54) is 276 Å². The van der Waals surface area contributed by atoms with Crippen molar-refractivity contribution in [2.24, 2.45) is 0 Å². The number of hydrogen-bond acceptors (Lipinski definition) is 5. The summed E-state index contributed by atoms with van der Waals surface area (Å²) in [6, 6.07) is -0.636. The Bertz CT molecular complexity index is 1200. The maximum Gasteiger partial charge on any atom is 0.305 e. The van der Waals surface area contributed by atoms with Crippen LogP contribution in [-0.4, -0.2) is 47.4 Å². The van der Waals surface area contributed by atoms with E-state index in [4.69, 9.17) is 4.74 Å². The van der Waals surface area contributed by atoms with Crippen molar-refractivity contribution in [3.63, 3.8) is 0 Å². The predicted molar refractivity (Wildman–Crippen MR) is 324 cm³/mol. The lowest BCUT2D eigenvalue weighted by Gasteiger charge is -2.20. The molecule has 2 atom stereocenters. The van der Waals surface area contributed by atoms with Crippen LogP contribution in [0, 0.1) is 0 Å². The van der Waals surface area contributed by atoms with E-state index in [0.29, 0.717) is 19.4 Å². The van der Waals surface area contributed by atoms with Crippen molar-refractivity contribution in [3.05, 3.63) is 36.5 Å². The van der Waals surface area contributed by atoms with Gasteiger partial charge in [-0.15, -0.1) is 0 Å². The first-order chi connectivity index (χ1) is 36.5. The molecule has 0 aromatic rings. The van der Waals surface area contributed by atoms with Gasteiger partial charge in [0.05, 0.1) is 25.4 Å². The van der Waals surface area contributed by atoms with Crippen LogP contribution in [0.3, 0.4) is 0 Å². The molecule has 74 heavy (non-hydrogen) atoms. The highest BCUT2D eigenvalue weighted by atomic mass is 16.5. The van der Waals surface area contributed by atoms with Gasteiger partial charge in [0.25, 0.3) is 0 Å². The standard InChI is InChI=1S/C68H129NO5/c1-3-5-7-9-11-13-15-17-19-21-22-23-24-25-26-27-28-29-32-36-40-44-48-52-56-60-66(71)65(64-70)69-67(72)61-57-53-49-45-41-37-33-30-31-35-39-43-47-51-55-59-63-74-68(73)62-58-54-50-46-42-38-34-20-18-16-14-12-10-8-6-4-2/h14,16,20,34,56,60,65-66,70-71H,3-13,15,17-19,21-33,35-55,57-59,61-64H2,1-2H3,(H,69,72)/b16-14-,34-20-,60-56+. The smallest absolute Gasteiger partial charge is 0.305 e. The number of hydrogen-bond donors (Lipinski definition) is 3. The second kappa shape index (κ2) is 63.6. The lowest BCUT2D eigenvalue weighted by atomic mass is 10.0. The number of esters is 1. The van der Waals surface area contributed by atoms with Crippen molar-refractivity contribution < 1.29 is 24.5 Å². The molecular weight excluding hydrogens is 911 g/mol. The molecule has 436 valence electrons. The number of amides is 1. The highest BCUT2D eigenvalue weighted by Crippen LogP contribution is 2.18. The number of unbranched alkanes of at least 4 members (excludes halogenated alkanes) is 47. The largest absolute Gasteiger partial charge is 0.466 e. The molecule has 0 aliphatic carbocycles. The first kappa shape index (κ1) is 72.1. The average Bonchev–Trinajstić information content (AvgIpc) is 3.40. The van der Waals surface area contributed by atoms with Crippen LogP contribution in [0.1, 0.15) is 361 Å². The summed E-state index contributed by atoms with van der Waals surface area (Å²) in [7, 11) is 0. The molecule has 0 fully saturated rings. The normalized spacial score (nSPS) is 12.8. The van der Waals surface area contributed by atoms with Crippen molar-refractivity contribution >= 4 is 11.9 Å². The molecule has 0 aliphatic heterocycles. The van der Waals surface area contributed by atoms with E-state index < -0.39 is 12.1 Å². The van der Waals surface area contributed by atoms with Gasteiger partial charge in [-0.2, -0.15) is 0 Å². The molecule has 3 N–H and O–H groups in total. The summed E-state index contributed by atoms with van der Waals surface area (Å²) in [5.41, 5.74) is 0. The molecule has 1 amide bonds. The molecule has 6 heteroatoms. The van der Waals surface area contributed by atoms with E-state index in [0.717, 1.165) is 57.8 Å². The van der Waals surface area contributed by atoms with Crippen molar-refractivity contribution in [1.29, 1.82) is 0 Å². The zero-order chi connectivity index (χ0) is 53.6. The lowest BCUT2D eigenvalue weighted by molar-refractivity contribution is -0.143. The van der Waals surface area contributed by atoms with E-state index in [2.05, 4.69) is 43.5 Å². The molecule has 0 saturated heterocycles. The van der Waals surface area contributed by atoms with E-state index in [1.807, 2.05) is 6.08 Å². The lowest BCUT2D eigenvalue weighted by Crippen LogP contribution is -2.45. The fourth-order valence-corrected chi connectivity index (χ4v) is 10.3. The first-order valence-corrected chi connectivity index (χ1v) is 33.3. The number of rotatable bonds is 62. The second-order valence-electron chi connectivity index (χ2n) is 22.8. The van der Waals surface area contributed by atoms with Gasteiger partial charge in [-0.1, -0.05) is 320 Å². The Morgan fingerprint density at radius 1 is 0.378 bits per heavy atom. The Balaban J connectivity index is 3.46. The van der Waals surface area contributed by atoms with Gasteiger partial charge in [0, 0.05) is 12.8 Å². The van der Waals surface area contributed by atoms with Crippen LogP contribution in [0.25, 0.3) is 0 Å². The minimum absolute atomic E-state index is 0.0106. The summed E-state index contributed by atoms with van der Waals surface area (Å²) in [5.74, 6) is -0.0824. The van der Waals surface area contributed by atoms with Crippen LogP contribution < -0.4 is 5.32 Å². The number of carbonyl (C=O) groups excluding carboxylic acids is 2. The summed E-state index contributed by atoms with van der Waals surface area (Å²) in [6.07, 6.45) is 80.5. The predicted octanol–water partition coefficient (Wildman–Crippen LogP) is 21.1. The van der Waals surface area contributed by atoms with Gasteiger partial charge in [-0.25, -0.2) is 0 Å². The van der Waals surface area contributed by atoms with Crippen LogP contribution in [0.4, 0.5) is 0 Å². The van der Waals surface area contributed by atoms with Crippen LogP contribution in [-0.2, 0) is 14.3 Å². The summed E-state index contributed by atoms with van der Waals surface area (Å²) in [6.45, 7) is 4.89. The Labute approximate surface area is 462 Å². The minimum atomic E-state index is -0.852. The fourth-order valence-electron chi connectivity index (χ4n) is 10.3. The average molecular weight is 1040 g/mol. The summed E-state index contributed by atoms with van der Waals surface area (Å²) < 4.78 is 5.48. The summed E-state index contributed by atoms with van der Waals surface area (Å²) in [5, 5.41) is 23.3. The van der Waals surface area contributed by atoms with Gasteiger partial charge in [0.1, 0.15) is 0 Å². The van der Waals surface area contributed by atoms with Crippen LogP contribution >= 0.6 is 0 Å². The van der Waals surface area contributed by atoms with Gasteiger partial charge >= 0.3 is 5.97 Å². The Morgan fingerprint density at radius 2 is 0.676 bits per heavy atom. The Morgan fingerprint density at radius 3 is 1.04 bits per heavy atom. The van der Waals surface area contributed by atoms with Crippen molar-refractivity contribution in [2.45, 2.75) is 373 Å². The van der Waals surface area contributed by atoms with Crippen LogP contribution in [0.15, 0.2) is 36.5 Å². The van der Waals surface area contributed by atoms with Crippen LogP contribution in [0.2, 0.25) is 0 Å². The quantitative estimate of drug-likeness (QED) is 0.0320. The third kappa shape index (κ3) is 59.3. The highest BCUT2D eigenvalue weighted by Gasteiger charge is 2.18. The topological polar surface area (TPSA) is 95.9 Å². The monoisotopic (exact) mass is 1040 g/mol. The van der Waals surface area contributed by atoms with Crippen molar-refractivity contribution in [1.82, 2.24) is 5.32 Å². The van der Waals surface area contributed by atoms with Gasteiger partial charge in [0.2, 0.25) is 5.91 Å². The number of aliphatic hydroxyl groups is 2. The number of carbonyl (C=O) groups is 2. The molecule has 0 aromatic carbocycles. The first-order valence-electron chi connectivity index (χ1n) is 33.3. The molecule has 0 bridgehead atoms. The number of aliphatic hydroxyl groups excluding tert-OH is 2. The highest BCUT2D eigenvalue weighted by molar-refractivity contribution is 5.76. The third-order valence-corrected chi connectivity index (χ3v) is 15.4. The minimum Gasteiger partial charge on any atom is -0.466 e. The van der Waals surface area contributed by atoms with E-state index in [9.17, 15) is 19.8 Å². The molecule has 0 radical (unpaired) electrons. The second-order valence-corrected chi connectivity index (χ2v) is 22.8.